The summed E-state index contributed by atoms with van der Waals surface area (Å²) in [4.78, 5) is 24.0. The van der Waals surface area contributed by atoms with Gasteiger partial charge in [-0.15, -0.1) is 0 Å². The molecule has 0 aliphatic rings. The van der Waals surface area contributed by atoms with Gasteiger partial charge in [-0.05, 0) is 37.1 Å². The summed E-state index contributed by atoms with van der Waals surface area (Å²) in [7, 11) is 0. The monoisotopic (exact) mass is 399 g/mol. The van der Waals surface area contributed by atoms with Crippen LogP contribution >= 0.6 is 11.6 Å². The molecule has 4 nitrogen and oxygen atoms in total. The third-order valence-electron chi connectivity index (χ3n) is 3.69. The maximum atomic E-state index is 12.8. The molecule has 0 spiro atoms. The van der Waals surface area contributed by atoms with Crippen molar-refractivity contribution in [3.05, 3.63) is 64.7 Å². The van der Waals surface area contributed by atoms with Crippen LogP contribution in [0.25, 0.3) is 0 Å². The predicted octanol–water partition coefficient (Wildman–Crippen LogP) is 4.86. The van der Waals surface area contributed by atoms with E-state index in [0.717, 1.165) is 23.8 Å². The van der Waals surface area contributed by atoms with Crippen molar-refractivity contribution in [2.24, 2.45) is 0 Å². The van der Waals surface area contributed by atoms with E-state index in [4.69, 9.17) is 16.3 Å². The number of aryl methyl sites for hydroxylation is 1. The Morgan fingerprint density at radius 1 is 1.15 bits per heavy atom. The zero-order valence-electron chi connectivity index (χ0n) is 14.3. The van der Waals surface area contributed by atoms with Gasteiger partial charge < -0.3 is 10.1 Å². The summed E-state index contributed by atoms with van der Waals surface area (Å²) in [5.41, 5.74) is -0.208. The van der Waals surface area contributed by atoms with E-state index in [2.05, 4.69) is 5.32 Å². The maximum Gasteiger partial charge on any atom is 0.416 e. The van der Waals surface area contributed by atoms with Crippen LogP contribution in [0.1, 0.15) is 24.5 Å². The van der Waals surface area contributed by atoms with Crippen LogP contribution in [-0.2, 0) is 26.9 Å². The molecule has 0 aromatic heterocycles. The van der Waals surface area contributed by atoms with Gasteiger partial charge in [-0.1, -0.05) is 41.9 Å². The average Bonchev–Trinajstić information content (AvgIpc) is 2.61. The lowest BCUT2D eigenvalue weighted by Gasteiger charge is -2.15. The highest BCUT2D eigenvalue weighted by atomic mass is 35.5. The van der Waals surface area contributed by atoms with Crippen LogP contribution in [0.15, 0.2) is 48.5 Å². The maximum absolute atomic E-state index is 12.8. The fourth-order valence-corrected chi connectivity index (χ4v) is 2.40. The van der Waals surface area contributed by atoms with Gasteiger partial charge in [-0.2, -0.15) is 13.2 Å². The standard InChI is InChI=1S/C19H17ClF3NO3/c1-12(27-17(25)10-7-13-5-3-2-4-6-13)18(26)24-16-11-14(19(21,22)23)8-9-15(16)20/h2-6,8-9,11-12H,7,10H2,1H3,(H,24,26)/t12-/m0/s1. The Kier molecular flexibility index (Phi) is 6.85. The van der Waals surface area contributed by atoms with E-state index in [-0.39, 0.29) is 17.1 Å². The zero-order valence-corrected chi connectivity index (χ0v) is 15.1. The minimum Gasteiger partial charge on any atom is -0.453 e. The molecule has 0 unspecified atom stereocenters. The number of nitrogens with one attached hydrogen (secondary N) is 1. The first kappa shape index (κ1) is 20.8. The lowest BCUT2D eigenvalue weighted by atomic mass is 10.1. The van der Waals surface area contributed by atoms with Gasteiger partial charge in [-0.3, -0.25) is 9.59 Å². The van der Waals surface area contributed by atoms with Crippen LogP contribution in [0.2, 0.25) is 5.02 Å². The van der Waals surface area contributed by atoms with Crippen LogP contribution in [0.3, 0.4) is 0 Å². The van der Waals surface area contributed by atoms with Crippen LogP contribution in [-0.4, -0.2) is 18.0 Å². The second-order valence-corrected chi connectivity index (χ2v) is 6.21. The molecule has 1 N–H and O–H groups in total. The van der Waals surface area contributed by atoms with Gasteiger partial charge >= 0.3 is 12.1 Å². The molecule has 8 heteroatoms. The summed E-state index contributed by atoms with van der Waals surface area (Å²) >= 11 is 5.83. The van der Waals surface area contributed by atoms with Crippen LogP contribution in [0.4, 0.5) is 18.9 Å². The van der Waals surface area contributed by atoms with Gasteiger partial charge in [0.05, 0.1) is 16.3 Å². The number of hydrogen-bond acceptors (Lipinski definition) is 3. The largest absolute Gasteiger partial charge is 0.453 e. The zero-order chi connectivity index (χ0) is 20.0. The summed E-state index contributed by atoms with van der Waals surface area (Å²) in [6.45, 7) is 1.33. The highest BCUT2D eigenvalue weighted by Crippen LogP contribution is 2.33. The Morgan fingerprint density at radius 3 is 2.44 bits per heavy atom. The van der Waals surface area contributed by atoms with E-state index >= 15 is 0 Å². The molecule has 0 saturated heterocycles. The van der Waals surface area contributed by atoms with Crippen molar-refractivity contribution in [2.45, 2.75) is 32.0 Å². The van der Waals surface area contributed by atoms with E-state index in [9.17, 15) is 22.8 Å². The third-order valence-corrected chi connectivity index (χ3v) is 4.02. The number of amides is 1. The number of anilines is 1. The van der Waals surface area contributed by atoms with Crippen LogP contribution < -0.4 is 5.32 Å². The molecule has 144 valence electrons. The Hall–Kier alpha value is -2.54. The molecule has 1 atom stereocenters. The lowest BCUT2D eigenvalue weighted by Crippen LogP contribution is -2.30. The fraction of sp³-hybridized carbons (Fsp3) is 0.263. The van der Waals surface area contributed by atoms with Gasteiger partial charge in [0.2, 0.25) is 0 Å². The second-order valence-electron chi connectivity index (χ2n) is 5.80. The number of carbonyl (C=O) groups is 2. The number of carbonyl (C=O) groups excluding carboxylic acids is 2. The highest BCUT2D eigenvalue weighted by Gasteiger charge is 2.31. The molecular weight excluding hydrogens is 383 g/mol. The van der Waals surface area contributed by atoms with E-state index in [1.54, 1.807) is 0 Å². The molecule has 0 aliphatic heterocycles. The second kappa shape index (κ2) is 8.90. The first-order valence-corrected chi connectivity index (χ1v) is 8.45. The summed E-state index contributed by atoms with van der Waals surface area (Å²) in [6, 6.07) is 11.8. The van der Waals surface area contributed by atoms with Crippen molar-refractivity contribution >= 4 is 29.2 Å². The Labute approximate surface area is 159 Å². The van der Waals surface area contributed by atoms with E-state index < -0.39 is 29.7 Å². The van der Waals surface area contributed by atoms with Crippen molar-refractivity contribution in [2.75, 3.05) is 5.32 Å². The fourth-order valence-electron chi connectivity index (χ4n) is 2.23. The molecule has 0 bridgehead atoms. The molecular formula is C19H17ClF3NO3. The van der Waals surface area contributed by atoms with Gasteiger partial charge in [0, 0.05) is 6.42 Å². The quantitative estimate of drug-likeness (QED) is 0.705. The number of alkyl halides is 3. The number of benzene rings is 2. The SMILES string of the molecule is C[C@H](OC(=O)CCc1ccccc1)C(=O)Nc1cc(C(F)(F)F)ccc1Cl. The summed E-state index contributed by atoms with van der Waals surface area (Å²) in [6.07, 6.45) is -5.22. The topological polar surface area (TPSA) is 55.4 Å². The average molecular weight is 400 g/mol. The molecule has 1 amide bonds. The van der Waals surface area contributed by atoms with Gasteiger partial charge in [0.25, 0.3) is 5.91 Å². The van der Waals surface area contributed by atoms with E-state index in [1.165, 1.54) is 6.92 Å². The lowest BCUT2D eigenvalue weighted by molar-refractivity contribution is -0.153. The Balaban J connectivity index is 1.92. The minimum atomic E-state index is -4.57. The molecule has 2 aromatic rings. The highest BCUT2D eigenvalue weighted by molar-refractivity contribution is 6.33. The molecule has 0 heterocycles. The Bertz CT molecular complexity index is 810. The molecule has 2 aromatic carbocycles. The molecule has 0 saturated carbocycles. The van der Waals surface area contributed by atoms with Gasteiger partial charge in [-0.25, -0.2) is 0 Å². The molecule has 2 rings (SSSR count). The minimum absolute atomic E-state index is 0.0565. The van der Waals surface area contributed by atoms with Crippen molar-refractivity contribution in [3.8, 4) is 0 Å². The summed E-state index contributed by atoms with van der Waals surface area (Å²) in [5, 5.41) is 2.20. The van der Waals surface area contributed by atoms with Crippen molar-refractivity contribution in [3.63, 3.8) is 0 Å². The number of halogens is 4. The van der Waals surface area contributed by atoms with Crippen LogP contribution in [0, 0.1) is 0 Å². The number of rotatable bonds is 6. The van der Waals surface area contributed by atoms with Crippen molar-refractivity contribution in [1.29, 1.82) is 0 Å². The molecule has 0 fully saturated rings. The first-order chi connectivity index (χ1) is 12.7. The van der Waals surface area contributed by atoms with Crippen molar-refractivity contribution in [1.82, 2.24) is 0 Å². The first-order valence-electron chi connectivity index (χ1n) is 8.08. The van der Waals surface area contributed by atoms with Gasteiger partial charge in [0.15, 0.2) is 6.10 Å². The molecule has 0 aliphatic carbocycles. The van der Waals surface area contributed by atoms with E-state index in [1.807, 2.05) is 30.3 Å². The smallest absolute Gasteiger partial charge is 0.416 e. The Morgan fingerprint density at radius 2 is 1.81 bits per heavy atom. The summed E-state index contributed by atoms with van der Waals surface area (Å²) < 4.78 is 43.3. The predicted molar refractivity (Wildman–Crippen MR) is 95.4 cm³/mol. The third kappa shape index (κ3) is 6.29. The van der Waals surface area contributed by atoms with Gasteiger partial charge in [0.1, 0.15) is 0 Å². The summed E-state index contributed by atoms with van der Waals surface area (Å²) in [5.74, 6) is -1.36. The van der Waals surface area contributed by atoms with E-state index in [0.29, 0.717) is 6.42 Å². The molecule has 27 heavy (non-hydrogen) atoms. The number of ether oxygens (including phenoxy) is 1. The number of esters is 1. The number of hydrogen-bond donors (Lipinski definition) is 1. The normalized spacial score (nSPS) is 12.3. The van der Waals surface area contributed by atoms with Crippen molar-refractivity contribution < 1.29 is 27.5 Å². The molecule has 0 radical (unpaired) electrons. The van der Waals surface area contributed by atoms with Crippen LogP contribution in [0.5, 0.6) is 0 Å².